The lowest BCUT2D eigenvalue weighted by Crippen LogP contribution is -2.42. The molecule has 3 rings (SSSR count). The molecule has 1 heterocycles. The summed E-state index contributed by atoms with van der Waals surface area (Å²) in [6.45, 7) is 1.00. The highest BCUT2D eigenvalue weighted by molar-refractivity contribution is 7.92. The van der Waals surface area contributed by atoms with E-state index in [1.54, 1.807) is 30.2 Å². The standard InChI is InChI=1S/C22H24Cl2N2O3S/c1-25(16-19-8-5-9-20(23)21(19)24)22(27)18-10-13-26(14-11-18)30(28,29)15-12-17-6-3-2-4-7-17/h2-9,12,15,18H,10-11,13-14,16H2,1H3. The van der Waals surface area contributed by atoms with Gasteiger partial charge in [-0.25, -0.2) is 8.42 Å². The van der Waals surface area contributed by atoms with Gasteiger partial charge < -0.3 is 4.90 Å². The van der Waals surface area contributed by atoms with Crippen LogP contribution in [0.4, 0.5) is 0 Å². The number of amides is 1. The zero-order valence-corrected chi connectivity index (χ0v) is 19.0. The van der Waals surface area contributed by atoms with Crippen molar-refractivity contribution in [2.45, 2.75) is 19.4 Å². The number of piperidine rings is 1. The van der Waals surface area contributed by atoms with Crippen molar-refractivity contribution in [3.05, 3.63) is 75.1 Å². The lowest BCUT2D eigenvalue weighted by molar-refractivity contribution is -0.135. The predicted octanol–water partition coefficient (Wildman–Crippen LogP) is 4.66. The fourth-order valence-corrected chi connectivity index (χ4v) is 5.09. The van der Waals surface area contributed by atoms with Crippen LogP contribution in [-0.2, 0) is 21.4 Å². The zero-order valence-electron chi connectivity index (χ0n) is 16.7. The summed E-state index contributed by atoms with van der Waals surface area (Å²) in [7, 11) is -1.79. The minimum absolute atomic E-state index is 0.0112. The maximum Gasteiger partial charge on any atom is 0.236 e. The molecule has 1 amide bonds. The van der Waals surface area contributed by atoms with Crippen molar-refractivity contribution in [2.75, 3.05) is 20.1 Å². The Hall–Kier alpha value is -1.86. The Morgan fingerprint density at radius 2 is 1.77 bits per heavy atom. The molecule has 0 unspecified atom stereocenters. The summed E-state index contributed by atoms with van der Waals surface area (Å²) >= 11 is 12.3. The quantitative estimate of drug-likeness (QED) is 0.621. The Balaban J connectivity index is 1.57. The highest BCUT2D eigenvalue weighted by atomic mass is 35.5. The zero-order chi connectivity index (χ0) is 21.7. The number of carbonyl (C=O) groups excluding carboxylic acids is 1. The summed E-state index contributed by atoms with van der Waals surface area (Å²) in [6.07, 6.45) is 2.57. The molecule has 0 bridgehead atoms. The second-order valence-corrected chi connectivity index (χ2v) is 9.94. The third-order valence-corrected chi connectivity index (χ3v) is 7.63. The number of hydrogen-bond acceptors (Lipinski definition) is 3. The summed E-state index contributed by atoms with van der Waals surface area (Å²) in [4.78, 5) is 14.5. The SMILES string of the molecule is CN(Cc1cccc(Cl)c1Cl)C(=O)C1CCN(S(=O)(=O)C=Cc2ccccc2)CC1. The van der Waals surface area contributed by atoms with Gasteiger partial charge in [-0.3, -0.25) is 4.79 Å². The van der Waals surface area contributed by atoms with Crippen molar-refractivity contribution >= 4 is 45.2 Å². The van der Waals surface area contributed by atoms with Crippen LogP contribution in [0.5, 0.6) is 0 Å². The monoisotopic (exact) mass is 466 g/mol. The smallest absolute Gasteiger partial charge is 0.236 e. The molecule has 0 aliphatic carbocycles. The lowest BCUT2D eigenvalue weighted by atomic mass is 9.96. The minimum atomic E-state index is -3.51. The van der Waals surface area contributed by atoms with Crippen LogP contribution in [0.3, 0.4) is 0 Å². The van der Waals surface area contributed by atoms with Gasteiger partial charge in [0.2, 0.25) is 15.9 Å². The Morgan fingerprint density at radius 1 is 1.10 bits per heavy atom. The van der Waals surface area contributed by atoms with E-state index in [0.29, 0.717) is 42.5 Å². The van der Waals surface area contributed by atoms with Gasteiger partial charge in [0.1, 0.15) is 0 Å². The topological polar surface area (TPSA) is 57.7 Å². The lowest BCUT2D eigenvalue weighted by Gasteiger charge is -2.32. The molecule has 0 N–H and O–H groups in total. The van der Waals surface area contributed by atoms with Gasteiger partial charge in [0.05, 0.1) is 10.0 Å². The first-order valence-corrected chi connectivity index (χ1v) is 11.9. The molecule has 0 aromatic heterocycles. The Bertz CT molecular complexity index is 1020. The number of rotatable bonds is 6. The molecule has 8 heteroatoms. The van der Waals surface area contributed by atoms with Gasteiger partial charge in [0.25, 0.3) is 0 Å². The Kier molecular flexibility index (Phi) is 7.58. The van der Waals surface area contributed by atoms with Gasteiger partial charge in [-0.2, -0.15) is 4.31 Å². The number of carbonyl (C=O) groups is 1. The van der Waals surface area contributed by atoms with Gasteiger partial charge in [-0.05, 0) is 36.1 Å². The normalized spacial score (nSPS) is 16.1. The predicted molar refractivity (Wildman–Crippen MR) is 122 cm³/mol. The van der Waals surface area contributed by atoms with Gasteiger partial charge in [-0.1, -0.05) is 65.7 Å². The molecular formula is C22H24Cl2N2O3S. The molecule has 2 aromatic rings. The van der Waals surface area contributed by atoms with Gasteiger partial charge >= 0.3 is 0 Å². The first-order chi connectivity index (χ1) is 14.3. The molecule has 0 radical (unpaired) electrons. The Morgan fingerprint density at radius 3 is 2.43 bits per heavy atom. The van der Waals surface area contributed by atoms with E-state index in [0.717, 1.165) is 11.1 Å². The van der Waals surface area contributed by atoms with Crippen molar-refractivity contribution in [3.8, 4) is 0 Å². The van der Waals surface area contributed by atoms with Crippen molar-refractivity contribution in [2.24, 2.45) is 5.92 Å². The first kappa shape index (κ1) is 22.8. The molecule has 5 nitrogen and oxygen atoms in total. The van der Waals surface area contributed by atoms with Crippen molar-refractivity contribution in [3.63, 3.8) is 0 Å². The second-order valence-electron chi connectivity index (χ2n) is 7.34. The fraction of sp³-hybridized carbons (Fsp3) is 0.318. The van der Waals surface area contributed by atoms with Gasteiger partial charge in [0.15, 0.2) is 0 Å². The maximum absolute atomic E-state index is 12.8. The van der Waals surface area contributed by atoms with E-state index in [4.69, 9.17) is 23.2 Å². The van der Waals surface area contributed by atoms with Crippen LogP contribution < -0.4 is 0 Å². The number of halogens is 2. The molecule has 0 atom stereocenters. The largest absolute Gasteiger partial charge is 0.341 e. The Labute approximate surface area is 187 Å². The molecule has 1 saturated heterocycles. The molecule has 0 saturated carbocycles. The van der Waals surface area contributed by atoms with Crippen LogP contribution in [0.1, 0.15) is 24.0 Å². The second kappa shape index (κ2) is 9.96. The van der Waals surface area contributed by atoms with E-state index in [1.807, 2.05) is 36.4 Å². The maximum atomic E-state index is 12.8. The minimum Gasteiger partial charge on any atom is -0.341 e. The van der Waals surface area contributed by atoms with E-state index >= 15 is 0 Å². The number of sulfonamides is 1. The highest BCUT2D eigenvalue weighted by Gasteiger charge is 2.31. The van der Waals surface area contributed by atoms with E-state index < -0.39 is 10.0 Å². The first-order valence-electron chi connectivity index (χ1n) is 9.69. The van der Waals surface area contributed by atoms with E-state index in [-0.39, 0.29) is 11.8 Å². The molecule has 1 aliphatic rings. The molecule has 2 aromatic carbocycles. The summed E-state index contributed by atoms with van der Waals surface area (Å²) in [6, 6.07) is 14.6. The fourth-order valence-electron chi connectivity index (χ4n) is 3.49. The molecule has 160 valence electrons. The van der Waals surface area contributed by atoms with E-state index in [1.165, 1.54) is 9.71 Å². The number of nitrogens with zero attached hydrogens (tertiary/aromatic N) is 2. The summed E-state index contributed by atoms with van der Waals surface area (Å²) in [5, 5.41) is 2.14. The van der Waals surface area contributed by atoms with Crippen molar-refractivity contribution < 1.29 is 13.2 Å². The van der Waals surface area contributed by atoms with Crippen LogP contribution in [0.25, 0.3) is 6.08 Å². The van der Waals surface area contributed by atoms with Gasteiger partial charge in [-0.15, -0.1) is 0 Å². The van der Waals surface area contributed by atoms with Crippen LogP contribution >= 0.6 is 23.2 Å². The van der Waals surface area contributed by atoms with E-state index in [2.05, 4.69) is 0 Å². The highest BCUT2D eigenvalue weighted by Crippen LogP contribution is 2.28. The summed E-state index contributed by atoms with van der Waals surface area (Å²) < 4.78 is 26.6. The molecule has 0 spiro atoms. The summed E-state index contributed by atoms with van der Waals surface area (Å²) in [5.74, 6) is -0.222. The van der Waals surface area contributed by atoms with Crippen molar-refractivity contribution in [1.82, 2.24) is 9.21 Å². The molecule has 30 heavy (non-hydrogen) atoms. The average Bonchev–Trinajstić information content (AvgIpc) is 2.76. The number of hydrogen-bond donors (Lipinski definition) is 0. The third kappa shape index (κ3) is 5.64. The molecule has 1 fully saturated rings. The van der Waals surface area contributed by atoms with Crippen LogP contribution in [0.15, 0.2) is 53.9 Å². The third-order valence-electron chi connectivity index (χ3n) is 5.21. The number of benzene rings is 2. The molecular weight excluding hydrogens is 443 g/mol. The van der Waals surface area contributed by atoms with Crippen LogP contribution in [-0.4, -0.2) is 43.7 Å². The average molecular weight is 467 g/mol. The van der Waals surface area contributed by atoms with Crippen LogP contribution in [0, 0.1) is 5.92 Å². The summed E-state index contributed by atoms with van der Waals surface area (Å²) in [5.41, 5.74) is 1.61. The molecule has 1 aliphatic heterocycles. The van der Waals surface area contributed by atoms with Gasteiger partial charge in [0, 0.05) is 38.0 Å². The van der Waals surface area contributed by atoms with Crippen molar-refractivity contribution in [1.29, 1.82) is 0 Å². The van der Waals surface area contributed by atoms with Crippen LogP contribution in [0.2, 0.25) is 10.0 Å². The van der Waals surface area contributed by atoms with E-state index in [9.17, 15) is 13.2 Å².